The molecule has 0 heterocycles. The van der Waals surface area contributed by atoms with Crippen molar-refractivity contribution in [3.63, 3.8) is 0 Å². The lowest BCUT2D eigenvalue weighted by molar-refractivity contribution is -0.119. The van der Waals surface area contributed by atoms with Crippen molar-refractivity contribution in [3.05, 3.63) is 54.1 Å². The SMILES string of the molecule is CCCCOc1ccc(NC(=S)NC(=O)CCCOc2ccc(C)cc2)cc1. The van der Waals surface area contributed by atoms with Crippen molar-refractivity contribution in [3.8, 4) is 11.5 Å². The first-order valence-corrected chi connectivity index (χ1v) is 10.0. The summed E-state index contributed by atoms with van der Waals surface area (Å²) in [6.07, 6.45) is 3.10. The lowest BCUT2D eigenvalue weighted by Crippen LogP contribution is -2.34. The van der Waals surface area contributed by atoms with Gasteiger partial charge in [0.25, 0.3) is 0 Å². The van der Waals surface area contributed by atoms with Crippen LogP contribution in [0, 0.1) is 6.92 Å². The minimum atomic E-state index is -0.135. The molecule has 2 aromatic carbocycles. The smallest absolute Gasteiger partial charge is 0.226 e. The van der Waals surface area contributed by atoms with Crippen LogP contribution in [0.3, 0.4) is 0 Å². The maximum Gasteiger partial charge on any atom is 0.226 e. The average molecular weight is 401 g/mol. The first-order chi connectivity index (χ1) is 13.6. The molecule has 0 bridgehead atoms. The Labute approximate surface area is 172 Å². The topological polar surface area (TPSA) is 59.6 Å². The summed E-state index contributed by atoms with van der Waals surface area (Å²) < 4.78 is 11.2. The molecule has 0 aromatic heterocycles. The number of hydrogen-bond donors (Lipinski definition) is 2. The van der Waals surface area contributed by atoms with Gasteiger partial charge in [-0.15, -0.1) is 0 Å². The fraction of sp³-hybridized carbons (Fsp3) is 0.364. The minimum absolute atomic E-state index is 0.135. The van der Waals surface area contributed by atoms with E-state index in [0.717, 1.165) is 30.0 Å². The van der Waals surface area contributed by atoms with E-state index in [1.807, 2.05) is 55.5 Å². The molecular formula is C22H28N2O3S. The van der Waals surface area contributed by atoms with E-state index in [2.05, 4.69) is 17.6 Å². The number of carbonyl (C=O) groups is 1. The highest BCUT2D eigenvalue weighted by atomic mass is 32.1. The van der Waals surface area contributed by atoms with Crippen molar-refractivity contribution < 1.29 is 14.3 Å². The van der Waals surface area contributed by atoms with Gasteiger partial charge in [-0.1, -0.05) is 31.0 Å². The van der Waals surface area contributed by atoms with Crippen LogP contribution in [0.15, 0.2) is 48.5 Å². The van der Waals surface area contributed by atoms with Gasteiger partial charge in [-0.3, -0.25) is 4.79 Å². The molecule has 150 valence electrons. The standard InChI is InChI=1S/C22H28N2O3S/c1-3-4-15-26-20-13-9-18(10-14-20)23-22(28)24-21(25)6-5-16-27-19-11-7-17(2)8-12-19/h7-14H,3-6,15-16H2,1-2H3,(H2,23,24,25,28). The summed E-state index contributed by atoms with van der Waals surface area (Å²) in [5.41, 5.74) is 1.99. The Morgan fingerprint density at radius 3 is 2.11 bits per heavy atom. The molecule has 0 radical (unpaired) electrons. The Morgan fingerprint density at radius 2 is 1.50 bits per heavy atom. The number of unbranched alkanes of at least 4 members (excludes halogenated alkanes) is 1. The molecular weight excluding hydrogens is 372 g/mol. The molecule has 5 nitrogen and oxygen atoms in total. The second kappa shape index (κ2) is 12.0. The predicted molar refractivity (Wildman–Crippen MR) is 117 cm³/mol. The molecule has 0 aliphatic heterocycles. The molecule has 0 atom stereocenters. The van der Waals surface area contributed by atoms with Crippen molar-refractivity contribution >= 4 is 28.9 Å². The van der Waals surface area contributed by atoms with Gasteiger partial charge in [0.2, 0.25) is 5.91 Å². The molecule has 0 unspecified atom stereocenters. The van der Waals surface area contributed by atoms with Crippen LogP contribution in [0.1, 0.15) is 38.2 Å². The van der Waals surface area contributed by atoms with E-state index in [9.17, 15) is 4.79 Å². The van der Waals surface area contributed by atoms with Gasteiger partial charge in [-0.05, 0) is 68.4 Å². The van der Waals surface area contributed by atoms with Crippen LogP contribution in [0.25, 0.3) is 0 Å². The van der Waals surface area contributed by atoms with Crippen molar-refractivity contribution in [1.82, 2.24) is 5.32 Å². The van der Waals surface area contributed by atoms with Gasteiger partial charge in [-0.25, -0.2) is 0 Å². The zero-order valence-corrected chi connectivity index (χ0v) is 17.3. The summed E-state index contributed by atoms with van der Waals surface area (Å²) >= 11 is 5.19. The Hall–Kier alpha value is -2.60. The van der Waals surface area contributed by atoms with Gasteiger partial charge in [0, 0.05) is 12.1 Å². The van der Waals surface area contributed by atoms with Crippen molar-refractivity contribution in [1.29, 1.82) is 0 Å². The minimum Gasteiger partial charge on any atom is -0.494 e. The van der Waals surface area contributed by atoms with E-state index in [1.165, 1.54) is 5.56 Å². The summed E-state index contributed by atoms with van der Waals surface area (Å²) in [5.74, 6) is 1.50. The summed E-state index contributed by atoms with van der Waals surface area (Å²) in [7, 11) is 0. The Morgan fingerprint density at radius 1 is 0.929 bits per heavy atom. The van der Waals surface area contributed by atoms with Gasteiger partial charge in [0.1, 0.15) is 11.5 Å². The number of nitrogens with one attached hydrogen (secondary N) is 2. The van der Waals surface area contributed by atoms with Crippen LogP contribution < -0.4 is 20.1 Å². The largest absolute Gasteiger partial charge is 0.494 e. The number of thiocarbonyl (C=S) groups is 1. The predicted octanol–water partition coefficient (Wildman–Crippen LogP) is 4.85. The van der Waals surface area contributed by atoms with E-state index in [1.54, 1.807) is 0 Å². The van der Waals surface area contributed by atoms with Crippen LogP contribution in [0.5, 0.6) is 11.5 Å². The van der Waals surface area contributed by atoms with E-state index in [4.69, 9.17) is 21.7 Å². The molecule has 0 aliphatic rings. The van der Waals surface area contributed by atoms with E-state index in [-0.39, 0.29) is 11.0 Å². The fourth-order valence-corrected chi connectivity index (χ4v) is 2.61. The number of rotatable bonds is 10. The highest BCUT2D eigenvalue weighted by molar-refractivity contribution is 7.80. The normalized spacial score (nSPS) is 10.2. The van der Waals surface area contributed by atoms with Gasteiger partial charge < -0.3 is 20.1 Å². The number of hydrogen-bond acceptors (Lipinski definition) is 4. The first-order valence-electron chi connectivity index (χ1n) is 9.60. The summed E-state index contributed by atoms with van der Waals surface area (Å²) in [6, 6.07) is 15.3. The van der Waals surface area contributed by atoms with Crippen molar-refractivity contribution in [2.24, 2.45) is 0 Å². The van der Waals surface area contributed by atoms with Crippen LogP contribution in [0.4, 0.5) is 5.69 Å². The van der Waals surface area contributed by atoms with E-state index >= 15 is 0 Å². The molecule has 0 spiro atoms. The van der Waals surface area contributed by atoms with E-state index in [0.29, 0.717) is 26.1 Å². The molecule has 0 aliphatic carbocycles. The number of aryl methyl sites for hydroxylation is 1. The number of benzene rings is 2. The maximum absolute atomic E-state index is 12.0. The molecule has 0 saturated carbocycles. The quantitative estimate of drug-likeness (QED) is 0.441. The van der Waals surface area contributed by atoms with Gasteiger partial charge in [0.05, 0.1) is 13.2 Å². The van der Waals surface area contributed by atoms with Crippen molar-refractivity contribution in [2.45, 2.75) is 39.5 Å². The molecule has 2 rings (SSSR count). The fourth-order valence-electron chi connectivity index (χ4n) is 2.38. The summed E-state index contributed by atoms with van der Waals surface area (Å²) in [5, 5.41) is 5.97. The molecule has 28 heavy (non-hydrogen) atoms. The molecule has 1 amide bonds. The molecule has 2 aromatic rings. The molecule has 6 heteroatoms. The third kappa shape index (κ3) is 8.39. The van der Waals surface area contributed by atoms with Gasteiger partial charge >= 0.3 is 0 Å². The highest BCUT2D eigenvalue weighted by Gasteiger charge is 2.05. The molecule has 2 N–H and O–H groups in total. The maximum atomic E-state index is 12.0. The van der Waals surface area contributed by atoms with Crippen molar-refractivity contribution in [2.75, 3.05) is 18.5 Å². The number of amides is 1. The first kappa shape index (κ1) is 21.7. The van der Waals surface area contributed by atoms with Crippen LogP contribution in [-0.2, 0) is 4.79 Å². The summed E-state index contributed by atoms with van der Waals surface area (Å²) in [4.78, 5) is 12.0. The second-order valence-corrected chi connectivity index (χ2v) is 6.90. The zero-order valence-electron chi connectivity index (χ0n) is 16.5. The summed E-state index contributed by atoms with van der Waals surface area (Å²) in [6.45, 7) is 5.35. The Balaban J connectivity index is 1.63. The number of anilines is 1. The van der Waals surface area contributed by atoms with Gasteiger partial charge in [0.15, 0.2) is 5.11 Å². The lowest BCUT2D eigenvalue weighted by Gasteiger charge is -2.11. The molecule has 0 fully saturated rings. The average Bonchev–Trinajstić information content (AvgIpc) is 2.68. The number of ether oxygens (including phenoxy) is 2. The third-order valence-electron chi connectivity index (χ3n) is 3.97. The zero-order chi connectivity index (χ0) is 20.2. The van der Waals surface area contributed by atoms with Gasteiger partial charge in [-0.2, -0.15) is 0 Å². The Kier molecular flexibility index (Phi) is 9.28. The Bertz CT molecular complexity index is 745. The monoisotopic (exact) mass is 400 g/mol. The van der Waals surface area contributed by atoms with Crippen LogP contribution in [0.2, 0.25) is 0 Å². The lowest BCUT2D eigenvalue weighted by atomic mass is 10.2. The second-order valence-electron chi connectivity index (χ2n) is 6.49. The van der Waals surface area contributed by atoms with E-state index < -0.39 is 0 Å². The number of carbonyl (C=O) groups excluding carboxylic acids is 1. The highest BCUT2D eigenvalue weighted by Crippen LogP contribution is 2.16. The van der Waals surface area contributed by atoms with Crippen LogP contribution >= 0.6 is 12.2 Å². The third-order valence-corrected chi connectivity index (χ3v) is 4.17. The molecule has 0 saturated heterocycles. The van der Waals surface area contributed by atoms with Crippen LogP contribution in [-0.4, -0.2) is 24.2 Å².